The third kappa shape index (κ3) is 44.6. The average molecular weight is 1780 g/mol. The fourth-order valence-electron chi connectivity index (χ4n) is 11.7. The lowest BCUT2D eigenvalue weighted by molar-refractivity contribution is -0.142. The van der Waals surface area contributed by atoms with Gasteiger partial charge in [-0.3, -0.25) is 96.5 Å². The summed E-state index contributed by atoms with van der Waals surface area (Å²) in [4.78, 5) is 268. The van der Waals surface area contributed by atoms with Crippen LogP contribution in [0.15, 0.2) is 24.3 Å². The lowest BCUT2D eigenvalue weighted by Gasteiger charge is -2.28. The van der Waals surface area contributed by atoms with E-state index in [2.05, 4.69) is 92.4 Å². The van der Waals surface area contributed by atoms with Gasteiger partial charge in [0.1, 0.15) is 84.3 Å². The van der Waals surface area contributed by atoms with Crippen LogP contribution in [0, 0.1) is 17.2 Å². The maximum atomic E-state index is 14.6. The van der Waals surface area contributed by atoms with E-state index in [1.165, 1.54) is 38.1 Å². The molecule has 14 atom stereocenters. The van der Waals surface area contributed by atoms with Gasteiger partial charge >= 0.3 is 29.8 Å². The summed E-state index contributed by atoms with van der Waals surface area (Å²) in [6.07, 6.45) is -5.01. The first-order valence-electron chi connectivity index (χ1n) is 40.2. The van der Waals surface area contributed by atoms with Gasteiger partial charge in [-0.15, -0.1) is 0 Å². The number of hydrogen-bond donors (Lipinski definition) is 29. The number of carboxylic acid groups (broad SMARTS) is 5. The minimum absolute atomic E-state index is 0.00893. The second-order valence-corrected chi connectivity index (χ2v) is 30.2. The number of nitrogens with one attached hydrogen (secondary N) is 16. The summed E-state index contributed by atoms with van der Waals surface area (Å²) < 4.78 is 0. The SMILES string of the molecule is CC(C)[C@H](NC(=O)[C@H](CCC(=O)O)NC(=O)[C@H](Cc1ccc(O)cc1)NC(=O)[C@H](CC(N)=O)NC(=O)[C@H](C)NC(=O)[C@H](CCC(=O)O)NC(=O)[C@@H](NC(=O)[C@@H](N)CCCCN)C(C)C)C(=O)N[C@@H](CCC(=O)O)C(=O)NCC(=O)N[C@@H](CCC(=O)O)C(=O)N[C@@H](CCCNC(=N)N)C(=O)N[C@@H](CS)C(=O)N[C@@H](CCCCN)C(=O)N[C@@H](CCCCN)C(=O)O. The number of primary amides is 1. The Morgan fingerprint density at radius 1 is 0.371 bits per heavy atom. The first-order chi connectivity index (χ1) is 58.3. The molecular formula is C75H124N22O26S. The van der Waals surface area contributed by atoms with Crippen LogP contribution in [0.5, 0.6) is 5.75 Å². The van der Waals surface area contributed by atoms with Crippen molar-refractivity contribution in [2.24, 2.45) is 46.2 Å². The van der Waals surface area contributed by atoms with Crippen molar-refractivity contribution in [2.45, 2.75) is 254 Å². The zero-order valence-electron chi connectivity index (χ0n) is 69.9. The molecule has 0 unspecified atom stereocenters. The molecule has 0 saturated heterocycles. The minimum atomic E-state index is -1.99. The van der Waals surface area contributed by atoms with Crippen LogP contribution in [-0.2, 0) is 102 Å². The molecule has 34 N–H and O–H groups in total. The Labute approximate surface area is 720 Å². The van der Waals surface area contributed by atoms with Gasteiger partial charge in [-0.1, -0.05) is 46.2 Å². The lowest BCUT2D eigenvalue weighted by atomic mass is 10.00. The highest BCUT2D eigenvalue weighted by molar-refractivity contribution is 7.80. The van der Waals surface area contributed by atoms with Crippen LogP contribution >= 0.6 is 12.6 Å². The van der Waals surface area contributed by atoms with E-state index in [1.54, 1.807) is 13.8 Å². The Kier molecular flexibility index (Phi) is 52.1. The van der Waals surface area contributed by atoms with Gasteiger partial charge < -0.3 is 145 Å². The van der Waals surface area contributed by atoms with Gasteiger partial charge in [0.25, 0.3) is 0 Å². The van der Waals surface area contributed by atoms with Gasteiger partial charge in [0.2, 0.25) is 88.6 Å². The fourth-order valence-corrected chi connectivity index (χ4v) is 12.0. The lowest BCUT2D eigenvalue weighted by Crippen LogP contribution is -2.61. The molecule has 49 heteroatoms. The molecule has 1 aromatic carbocycles. The van der Waals surface area contributed by atoms with Gasteiger partial charge in [0.05, 0.1) is 19.0 Å². The van der Waals surface area contributed by atoms with Crippen LogP contribution in [0.3, 0.4) is 0 Å². The third-order valence-electron chi connectivity index (χ3n) is 18.7. The first kappa shape index (κ1) is 110. The van der Waals surface area contributed by atoms with Crippen molar-refractivity contribution in [1.29, 1.82) is 5.41 Å². The van der Waals surface area contributed by atoms with E-state index in [4.69, 9.17) is 39.8 Å². The molecule has 48 nitrogen and oxygen atoms in total. The zero-order valence-corrected chi connectivity index (χ0v) is 70.8. The molecule has 0 spiro atoms. The average Bonchev–Trinajstić information content (AvgIpc) is 0.819. The predicted octanol–water partition coefficient (Wildman–Crippen LogP) is -7.99. The predicted molar refractivity (Wildman–Crippen MR) is 444 cm³/mol. The number of aromatic hydroxyl groups is 1. The molecule has 0 saturated carbocycles. The summed E-state index contributed by atoms with van der Waals surface area (Å²) in [6.45, 7) is 6.61. The molecule has 0 fully saturated rings. The maximum Gasteiger partial charge on any atom is 0.326 e. The van der Waals surface area contributed by atoms with Crippen molar-refractivity contribution in [3.05, 3.63) is 29.8 Å². The molecule has 15 amide bonds. The molecule has 0 aromatic heterocycles. The number of phenolic OH excluding ortho intramolecular Hbond substituents is 1. The number of carbonyl (C=O) groups excluding carboxylic acids is 15. The molecule has 0 heterocycles. The molecule has 124 heavy (non-hydrogen) atoms. The molecule has 0 bridgehead atoms. The van der Waals surface area contributed by atoms with Crippen LogP contribution in [0.4, 0.5) is 0 Å². The van der Waals surface area contributed by atoms with Crippen LogP contribution in [0.2, 0.25) is 0 Å². The van der Waals surface area contributed by atoms with E-state index in [9.17, 15) is 127 Å². The molecule has 696 valence electrons. The van der Waals surface area contributed by atoms with E-state index in [0.717, 1.165) is 6.92 Å². The van der Waals surface area contributed by atoms with E-state index in [-0.39, 0.29) is 69.5 Å². The molecule has 1 rings (SSSR count). The summed E-state index contributed by atoms with van der Waals surface area (Å²) in [5, 5.41) is 101. The van der Waals surface area contributed by atoms with Crippen molar-refractivity contribution >= 4 is 137 Å². The topological polar surface area (TPSA) is 823 Å². The van der Waals surface area contributed by atoms with Gasteiger partial charge in [-0.2, -0.15) is 12.6 Å². The van der Waals surface area contributed by atoms with Crippen molar-refractivity contribution in [2.75, 3.05) is 38.5 Å². The second-order valence-electron chi connectivity index (χ2n) is 29.8. The Morgan fingerprint density at radius 2 is 0.710 bits per heavy atom. The minimum Gasteiger partial charge on any atom is -0.508 e. The largest absolute Gasteiger partial charge is 0.508 e. The highest BCUT2D eigenvalue weighted by Gasteiger charge is 2.39. The number of aliphatic carboxylic acids is 5. The normalized spacial score (nSPS) is 14.4. The number of rotatable bonds is 64. The third-order valence-corrected chi connectivity index (χ3v) is 19.1. The number of guanidine groups is 1. The highest BCUT2D eigenvalue weighted by atomic mass is 32.1. The first-order valence-corrected chi connectivity index (χ1v) is 40.8. The fraction of sp³-hybridized carbons (Fsp3) is 0.640. The molecule has 1 aromatic rings. The quantitative estimate of drug-likeness (QED) is 0.0125. The van der Waals surface area contributed by atoms with E-state index < -0.39 is 297 Å². The second kappa shape index (κ2) is 58.8. The van der Waals surface area contributed by atoms with E-state index >= 15 is 0 Å². The van der Waals surface area contributed by atoms with Crippen molar-refractivity contribution in [1.82, 2.24) is 79.8 Å². The van der Waals surface area contributed by atoms with Gasteiger partial charge in [0.15, 0.2) is 5.96 Å². The number of thiol groups is 1. The number of nitrogens with two attached hydrogens (primary N) is 6. The summed E-state index contributed by atoms with van der Waals surface area (Å²) in [5.74, 6) is -26.9. The smallest absolute Gasteiger partial charge is 0.326 e. The van der Waals surface area contributed by atoms with Gasteiger partial charge in [-0.25, -0.2) is 4.79 Å². The Hall–Kier alpha value is -12.1. The van der Waals surface area contributed by atoms with Crippen LogP contribution in [-0.4, -0.2) is 278 Å². The monoisotopic (exact) mass is 1780 g/mol. The number of carboxylic acids is 5. The molecule has 0 aliphatic heterocycles. The van der Waals surface area contributed by atoms with Crippen molar-refractivity contribution < 1.29 is 127 Å². The number of unbranched alkanes of at least 4 members (excludes halogenated alkanes) is 3. The number of benzene rings is 1. The highest BCUT2D eigenvalue weighted by Crippen LogP contribution is 2.16. The van der Waals surface area contributed by atoms with Crippen molar-refractivity contribution in [3.63, 3.8) is 0 Å². The Morgan fingerprint density at radius 3 is 1.13 bits per heavy atom. The number of amides is 15. The summed E-state index contributed by atoms with van der Waals surface area (Å²) in [7, 11) is 0. The zero-order chi connectivity index (χ0) is 94.0. The maximum absolute atomic E-state index is 14.6. The molecule has 0 aliphatic carbocycles. The number of carbonyl (C=O) groups is 20. The molecule has 0 radical (unpaired) electrons. The Balaban J connectivity index is 3.65. The molecule has 0 aliphatic rings. The van der Waals surface area contributed by atoms with E-state index in [0.29, 0.717) is 38.6 Å². The van der Waals surface area contributed by atoms with Crippen molar-refractivity contribution in [3.8, 4) is 5.75 Å². The van der Waals surface area contributed by atoms with Crippen LogP contribution in [0.25, 0.3) is 0 Å². The summed E-state index contributed by atoms with van der Waals surface area (Å²) >= 11 is 4.21. The summed E-state index contributed by atoms with van der Waals surface area (Å²) in [5.41, 5.74) is 33.9. The standard InChI is InChI=1S/C75H124N22O26S/c1-37(2)59(96-62(110)42(79)13-6-9-29-76)72(120)91-47(23-27-57(105)106)64(112)85-39(5)61(109)93-51(34-53(80)99)70(118)94-50(33-40-17-19-41(98)20-18-40)69(117)89-48(24-28-58(107)108)68(116)97-60(38(3)4)73(121)90-45(21-25-55(101)102)63(111)84-35-54(100)86-46(22-26-56(103)104)67(115)87-44(16-12-32-83-75(81)82)66(114)95-52(36-124)71(119)88-43(14-7-10-30-77)65(113)92-49(74(122)123)15-8-11-31-78/h17-20,37-39,42-52,59-60,98,124H,6-16,21-36,76-79H2,1-5H3,(H2,80,99)(H,84,111)(H,85,112)(H,86,100)(H,87,115)(H,88,119)(H,89,117)(H,90,121)(H,91,120)(H,92,113)(H,93,109)(H,94,118)(H,95,114)(H,96,110)(H,97,116)(H,101,102)(H,103,104)(H,105,106)(H,107,108)(H,122,123)(H4,81,82,83)/t39-,42-,43-,44-,45-,46-,47-,48-,49-,50-,51-,52-,59-,60-/m0/s1. The number of hydrogen-bond acceptors (Lipinski definition) is 27. The van der Waals surface area contributed by atoms with Crippen LogP contribution < -0.4 is 114 Å². The number of phenols is 1. The Bertz CT molecular complexity index is 3810. The van der Waals surface area contributed by atoms with Gasteiger partial charge in [0, 0.05) is 44.4 Å². The van der Waals surface area contributed by atoms with Gasteiger partial charge in [-0.05, 0) is 146 Å². The van der Waals surface area contributed by atoms with E-state index in [1.807, 2.05) is 0 Å². The van der Waals surface area contributed by atoms with Crippen LogP contribution in [0.1, 0.15) is 169 Å². The summed E-state index contributed by atoms with van der Waals surface area (Å²) in [6, 6.07) is -17.9. The molecular weight excluding hydrogens is 1660 g/mol.